The number of rotatable bonds is 5. The molecule has 0 spiro atoms. The van der Waals surface area contributed by atoms with Gasteiger partial charge < -0.3 is 20.6 Å². The third-order valence-corrected chi connectivity index (χ3v) is 6.37. The SMILES string of the molecule is CCC1=Cc2nnc(CN3CCN(c4ccc(C(=O)NC)nc4)[C@H]4C[C@H]43)cc2NC1O. The summed E-state index contributed by atoms with van der Waals surface area (Å²) in [6.45, 7) is 4.58. The van der Waals surface area contributed by atoms with Gasteiger partial charge >= 0.3 is 0 Å². The maximum atomic E-state index is 11.7. The Morgan fingerprint density at radius 3 is 2.90 bits per heavy atom. The van der Waals surface area contributed by atoms with E-state index in [0.717, 1.165) is 60.8 Å². The van der Waals surface area contributed by atoms with Crippen molar-refractivity contribution in [2.24, 2.45) is 0 Å². The quantitative estimate of drug-likeness (QED) is 0.662. The Morgan fingerprint density at radius 1 is 1.29 bits per heavy atom. The first kappa shape index (κ1) is 19.9. The van der Waals surface area contributed by atoms with E-state index in [1.807, 2.05) is 25.1 Å². The van der Waals surface area contributed by atoms with Gasteiger partial charge in [-0.1, -0.05) is 6.92 Å². The molecule has 0 bridgehead atoms. The molecule has 31 heavy (non-hydrogen) atoms. The molecule has 2 fully saturated rings. The number of fused-ring (bicyclic) bond motifs is 2. The maximum absolute atomic E-state index is 11.7. The number of nitrogens with zero attached hydrogens (tertiary/aromatic N) is 5. The molecule has 0 radical (unpaired) electrons. The molecule has 1 saturated heterocycles. The normalized spacial score (nSPS) is 24.5. The van der Waals surface area contributed by atoms with Gasteiger partial charge in [0.25, 0.3) is 5.91 Å². The number of amides is 1. The van der Waals surface area contributed by atoms with Crippen molar-refractivity contribution in [3.05, 3.63) is 47.1 Å². The molecule has 9 nitrogen and oxygen atoms in total. The fraction of sp³-hybridized carbons (Fsp3) is 0.455. The average Bonchev–Trinajstić information content (AvgIpc) is 3.60. The van der Waals surface area contributed by atoms with Crippen LogP contribution in [0.15, 0.2) is 30.0 Å². The van der Waals surface area contributed by atoms with Gasteiger partial charge in [-0.05, 0) is 42.7 Å². The number of aromatic nitrogens is 3. The van der Waals surface area contributed by atoms with Gasteiger partial charge in [0.2, 0.25) is 0 Å². The molecule has 1 unspecified atom stereocenters. The van der Waals surface area contributed by atoms with Crippen LogP contribution in [0, 0.1) is 0 Å². The highest BCUT2D eigenvalue weighted by molar-refractivity contribution is 5.92. The van der Waals surface area contributed by atoms with E-state index in [1.54, 1.807) is 19.3 Å². The Kier molecular flexibility index (Phi) is 5.07. The number of hydrogen-bond donors (Lipinski definition) is 3. The molecule has 1 aliphatic carbocycles. The summed E-state index contributed by atoms with van der Waals surface area (Å²) >= 11 is 0. The van der Waals surface area contributed by atoms with Crippen molar-refractivity contribution in [3.63, 3.8) is 0 Å². The van der Waals surface area contributed by atoms with Gasteiger partial charge in [0, 0.05) is 38.8 Å². The zero-order valence-corrected chi connectivity index (χ0v) is 17.7. The van der Waals surface area contributed by atoms with Crippen LogP contribution in [0.3, 0.4) is 0 Å². The Bertz CT molecular complexity index is 1020. The molecule has 2 aliphatic heterocycles. The topological polar surface area (TPSA) is 107 Å². The van der Waals surface area contributed by atoms with Crippen molar-refractivity contribution < 1.29 is 9.90 Å². The lowest BCUT2D eigenvalue weighted by molar-refractivity contribution is 0.0958. The lowest BCUT2D eigenvalue weighted by Gasteiger charge is -2.35. The highest BCUT2D eigenvalue weighted by atomic mass is 16.3. The van der Waals surface area contributed by atoms with Crippen molar-refractivity contribution >= 4 is 23.4 Å². The number of nitrogens with one attached hydrogen (secondary N) is 2. The summed E-state index contributed by atoms with van der Waals surface area (Å²) in [4.78, 5) is 20.8. The molecule has 1 saturated carbocycles. The first-order valence-electron chi connectivity index (χ1n) is 10.8. The standard InChI is InChI=1S/C22H27N7O2/c1-3-13-8-18-17(25-21(13)30)9-14(26-27-18)12-28-6-7-29(20-10-19(20)28)15-4-5-16(24-11-15)22(31)23-2/h4-5,8-9,11,19-21,25,30H,3,6-7,10,12H2,1-2H3,(H,23,31)/t19-,20+,21?/m1/s1. The summed E-state index contributed by atoms with van der Waals surface area (Å²) in [7, 11) is 1.61. The van der Waals surface area contributed by atoms with Gasteiger partial charge in [-0.25, -0.2) is 4.98 Å². The van der Waals surface area contributed by atoms with E-state index in [2.05, 4.69) is 35.6 Å². The predicted octanol–water partition coefficient (Wildman–Crippen LogP) is 1.23. The molecule has 4 heterocycles. The van der Waals surface area contributed by atoms with Crippen LogP contribution >= 0.6 is 0 Å². The molecule has 2 aromatic heterocycles. The van der Waals surface area contributed by atoms with Crippen LogP contribution in [0.4, 0.5) is 11.4 Å². The Hall–Kier alpha value is -3.04. The van der Waals surface area contributed by atoms with Crippen LogP contribution in [-0.4, -0.2) is 69.5 Å². The van der Waals surface area contributed by atoms with Crippen LogP contribution in [0.1, 0.15) is 41.6 Å². The summed E-state index contributed by atoms with van der Waals surface area (Å²) in [5, 5.41) is 24.7. The van der Waals surface area contributed by atoms with E-state index in [-0.39, 0.29) is 5.91 Å². The Labute approximate surface area is 181 Å². The molecule has 2 aromatic rings. The summed E-state index contributed by atoms with van der Waals surface area (Å²) in [6, 6.07) is 6.70. The summed E-state index contributed by atoms with van der Waals surface area (Å²) < 4.78 is 0. The van der Waals surface area contributed by atoms with Crippen LogP contribution in [-0.2, 0) is 6.54 Å². The second kappa shape index (κ2) is 7.90. The molecule has 5 rings (SSSR count). The van der Waals surface area contributed by atoms with Crippen molar-refractivity contribution in [3.8, 4) is 0 Å². The minimum Gasteiger partial charge on any atom is -0.370 e. The molecule has 3 aliphatic rings. The molecular weight excluding hydrogens is 394 g/mol. The fourth-order valence-corrected chi connectivity index (χ4v) is 4.54. The lowest BCUT2D eigenvalue weighted by atomic mass is 10.1. The lowest BCUT2D eigenvalue weighted by Crippen LogP contribution is -2.46. The van der Waals surface area contributed by atoms with Gasteiger partial charge in [0.15, 0.2) is 0 Å². The molecule has 9 heteroatoms. The van der Waals surface area contributed by atoms with Crippen LogP contribution < -0.4 is 15.5 Å². The average molecular weight is 422 g/mol. The van der Waals surface area contributed by atoms with Crippen molar-refractivity contribution in [1.29, 1.82) is 0 Å². The molecular formula is C22H27N7O2. The highest BCUT2D eigenvalue weighted by Gasteiger charge is 2.49. The van der Waals surface area contributed by atoms with E-state index in [4.69, 9.17) is 0 Å². The first-order valence-corrected chi connectivity index (χ1v) is 10.8. The van der Waals surface area contributed by atoms with Gasteiger partial charge in [-0.3, -0.25) is 9.69 Å². The zero-order valence-electron chi connectivity index (χ0n) is 17.7. The fourth-order valence-electron chi connectivity index (χ4n) is 4.54. The maximum Gasteiger partial charge on any atom is 0.269 e. The van der Waals surface area contributed by atoms with Crippen LogP contribution in [0.2, 0.25) is 0 Å². The zero-order chi connectivity index (χ0) is 21.5. The second-order valence-electron chi connectivity index (χ2n) is 8.27. The number of pyridine rings is 1. The van der Waals surface area contributed by atoms with E-state index >= 15 is 0 Å². The third-order valence-electron chi connectivity index (χ3n) is 6.37. The summed E-state index contributed by atoms with van der Waals surface area (Å²) in [6.07, 6.45) is 4.93. The minimum atomic E-state index is -0.658. The number of carbonyl (C=O) groups is 1. The largest absolute Gasteiger partial charge is 0.370 e. The van der Waals surface area contributed by atoms with Crippen molar-refractivity contribution in [1.82, 2.24) is 25.4 Å². The first-order chi connectivity index (χ1) is 15.1. The number of carbonyl (C=O) groups excluding carboxylic acids is 1. The number of hydrogen-bond acceptors (Lipinski definition) is 8. The summed E-state index contributed by atoms with van der Waals surface area (Å²) in [5.41, 5.74) is 4.94. The van der Waals surface area contributed by atoms with Crippen LogP contribution in [0.25, 0.3) is 6.08 Å². The van der Waals surface area contributed by atoms with Gasteiger partial charge in [-0.2, -0.15) is 5.10 Å². The minimum absolute atomic E-state index is 0.171. The van der Waals surface area contributed by atoms with E-state index in [0.29, 0.717) is 17.8 Å². The van der Waals surface area contributed by atoms with Crippen molar-refractivity contribution in [2.75, 3.05) is 30.4 Å². The monoisotopic (exact) mass is 421 g/mol. The number of piperazine rings is 1. The number of aliphatic hydroxyl groups is 1. The molecule has 3 N–H and O–H groups in total. The Morgan fingerprint density at radius 2 is 2.16 bits per heavy atom. The summed E-state index contributed by atoms with van der Waals surface area (Å²) in [5.74, 6) is -0.171. The number of anilines is 2. The van der Waals surface area contributed by atoms with E-state index in [9.17, 15) is 9.90 Å². The smallest absolute Gasteiger partial charge is 0.269 e. The van der Waals surface area contributed by atoms with Crippen molar-refractivity contribution in [2.45, 2.75) is 44.6 Å². The van der Waals surface area contributed by atoms with Gasteiger partial charge in [0.05, 0.1) is 23.3 Å². The second-order valence-corrected chi connectivity index (χ2v) is 8.27. The highest BCUT2D eigenvalue weighted by Crippen LogP contribution is 2.40. The van der Waals surface area contributed by atoms with Gasteiger partial charge in [-0.15, -0.1) is 5.10 Å². The Balaban J connectivity index is 1.24. The van der Waals surface area contributed by atoms with E-state index < -0.39 is 6.23 Å². The molecule has 1 amide bonds. The predicted molar refractivity (Wildman–Crippen MR) is 118 cm³/mol. The van der Waals surface area contributed by atoms with Crippen LogP contribution in [0.5, 0.6) is 0 Å². The molecule has 0 aromatic carbocycles. The third kappa shape index (κ3) is 3.75. The number of aliphatic hydroxyl groups excluding tert-OH is 1. The van der Waals surface area contributed by atoms with E-state index in [1.165, 1.54) is 0 Å². The molecule has 162 valence electrons. The van der Waals surface area contributed by atoms with Gasteiger partial charge in [0.1, 0.15) is 17.6 Å². The molecule has 3 atom stereocenters.